The molecule has 0 spiro atoms. The van der Waals surface area contributed by atoms with Crippen LogP contribution in [0, 0.1) is 17.3 Å². The van der Waals surface area contributed by atoms with Gasteiger partial charge in [-0.05, 0) is 62.8 Å². The van der Waals surface area contributed by atoms with Crippen molar-refractivity contribution in [3.63, 3.8) is 0 Å². The molecule has 0 aromatic rings. The Labute approximate surface area is 119 Å². The fourth-order valence-electron chi connectivity index (χ4n) is 4.23. The first kappa shape index (κ1) is 15.3. The van der Waals surface area contributed by atoms with Gasteiger partial charge in [-0.15, -0.1) is 0 Å². The molecular formula is C17H33NO. The summed E-state index contributed by atoms with van der Waals surface area (Å²) in [7, 11) is 2.14. The molecule has 0 amide bonds. The fourth-order valence-corrected chi connectivity index (χ4v) is 4.23. The van der Waals surface area contributed by atoms with Crippen LogP contribution in [0.4, 0.5) is 0 Å². The van der Waals surface area contributed by atoms with Crippen molar-refractivity contribution in [3.05, 3.63) is 0 Å². The molecule has 1 N–H and O–H groups in total. The van der Waals surface area contributed by atoms with E-state index in [0.717, 1.165) is 18.4 Å². The molecule has 19 heavy (non-hydrogen) atoms. The number of hydrogen-bond acceptors (Lipinski definition) is 2. The van der Waals surface area contributed by atoms with Gasteiger partial charge < -0.3 is 10.1 Å². The minimum absolute atomic E-state index is 0.444. The molecule has 0 bridgehead atoms. The molecule has 0 aromatic carbocycles. The highest BCUT2D eigenvalue weighted by molar-refractivity contribution is 4.91. The van der Waals surface area contributed by atoms with E-state index < -0.39 is 0 Å². The predicted octanol–water partition coefficient (Wildman–Crippen LogP) is 4.00. The minimum atomic E-state index is 0.444. The summed E-state index contributed by atoms with van der Waals surface area (Å²) in [5, 5.41) is 3.59. The lowest BCUT2D eigenvalue weighted by molar-refractivity contribution is 0.0555. The second kappa shape index (κ2) is 6.58. The normalized spacial score (nSPS) is 36.6. The Hall–Kier alpha value is -0.0800. The molecule has 1 aliphatic carbocycles. The van der Waals surface area contributed by atoms with Gasteiger partial charge in [-0.1, -0.05) is 27.2 Å². The summed E-state index contributed by atoms with van der Waals surface area (Å²) >= 11 is 0. The monoisotopic (exact) mass is 267 g/mol. The smallest absolute Gasteiger partial charge is 0.0576 e. The first-order chi connectivity index (χ1) is 9.03. The molecule has 4 atom stereocenters. The van der Waals surface area contributed by atoms with Crippen LogP contribution in [0.1, 0.15) is 65.7 Å². The van der Waals surface area contributed by atoms with Crippen LogP contribution in [0.15, 0.2) is 0 Å². The Bertz CT molecular complexity index is 270. The van der Waals surface area contributed by atoms with E-state index in [0.29, 0.717) is 17.6 Å². The molecule has 2 fully saturated rings. The van der Waals surface area contributed by atoms with E-state index >= 15 is 0 Å². The van der Waals surface area contributed by atoms with Crippen LogP contribution in [0.25, 0.3) is 0 Å². The number of hydrogen-bond donors (Lipinski definition) is 1. The van der Waals surface area contributed by atoms with E-state index in [-0.39, 0.29) is 0 Å². The summed E-state index contributed by atoms with van der Waals surface area (Å²) < 4.78 is 5.79. The number of nitrogens with one attached hydrogen (secondary N) is 1. The van der Waals surface area contributed by atoms with Crippen molar-refractivity contribution >= 4 is 0 Å². The van der Waals surface area contributed by atoms with Gasteiger partial charge in [-0.25, -0.2) is 0 Å². The lowest BCUT2D eigenvalue weighted by atomic mass is 9.64. The van der Waals surface area contributed by atoms with E-state index in [9.17, 15) is 0 Å². The lowest BCUT2D eigenvalue weighted by Gasteiger charge is -2.44. The summed E-state index contributed by atoms with van der Waals surface area (Å²) in [6.07, 6.45) is 9.83. The summed E-state index contributed by atoms with van der Waals surface area (Å²) in [5.41, 5.74) is 0.444. The van der Waals surface area contributed by atoms with Gasteiger partial charge >= 0.3 is 0 Å². The van der Waals surface area contributed by atoms with Crippen LogP contribution >= 0.6 is 0 Å². The maximum Gasteiger partial charge on any atom is 0.0576 e. The molecule has 1 saturated heterocycles. The van der Waals surface area contributed by atoms with E-state index in [1.165, 1.54) is 44.9 Å². The number of ether oxygens (including phenoxy) is 1. The van der Waals surface area contributed by atoms with Crippen molar-refractivity contribution in [2.24, 2.45) is 17.3 Å². The molecular weight excluding hydrogens is 234 g/mol. The highest BCUT2D eigenvalue weighted by atomic mass is 16.5. The average molecular weight is 267 g/mol. The van der Waals surface area contributed by atoms with Crippen molar-refractivity contribution in [1.29, 1.82) is 0 Å². The quantitative estimate of drug-likeness (QED) is 0.813. The summed E-state index contributed by atoms with van der Waals surface area (Å²) in [6, 6.07) is 0.711. The van der Waals surface area contributed by atoms with Crippen LogP contribution in [0.2, 0.25) is 0 Å². The fraction of sp³-hybridized carbons (Fsp3) is 1.00. The van der Waals surface area contributed by atoms with E-state index in [2.05, 4.69) is 33.1 Å². The molecule has 0 radical (unpaired) electrons. The third kappa shape index (κ3) is 3.95. The SMILES string of the molecule is CNC1CC(C)CCC1C(C)(C)CCC1CCCO1. The highest BCUT2D eigenvalue weighted by Crippen LogP contribution is 2.43. The first-order valence-electron chi connectivity index (χ1n) is 8.32. The second-order valence-electron chi connectivity index (χ2n) is 7.58. The predicted molar refractivity (Wildman–Crippen MR) is 81.3 cm³/mol. The molecule has 4 unspecified atom stereocenters. The lowest BCUT2D eigenvalue weighted by Crippen LogP contribution is -2.45. The van der Waals surface area contributed by atoms with Gasteiger partial charge in [-0.3, -0.25) is 0 Å². The second-order valence-corrected chi connectivity index (χ2v) is 7.58. The highest BCUT2D eigenvalue weighted by Gasteiger charge is 2.38. The van der Waals surface area contributed by atoms with Gasteiger partial charge in [0.25, 0.3) is 0 Å². The zero-order valence-corrected chi connectivity index (χ0v) is 13.4. The van der Waals surface area contributed by atoms with Crippen molar-refractivity contribution in [2.75, 3.05) is 13.7 Å². The summed E-state index contributed by atoms with van der Waals surface area (Å²) in [6.45, 7) is 8.35. The van der Waals surface area contributed by atoms with Gasteiger partial charge in [0.15, 0.2) is 0 Å². The molecule has 2 aliphatic rings. The Balaban J connectivity index is 1.88. The Morgan fingerprint density at radius 3 is 2.63 bits per heavy atom. The van der Waals surface area contributed by atoms with Gasteiger partial charge in [-0.2, -0.15) is 0 Å². The van der Waals surface area contributed by atoms with Crippen molar-refractivity contribution in [2.45, 2.75) is 77.9 Å². The van der Waals surface area contributed by atoms with Gasteiger partial charge in [0.2, 0.25) is 0 Å². The van der Waals surface area contributed by atoms with Crippen molar-refractivity contribution < 1.29 is 4.74 Å². The van der Waals surface area contributed by atoms with Crippen LogP contribution in [-0.4, -0.2) is 25.8 Å². The van der Waals surface area contributed by atoms with Gasteiger partial charge in [0.1, 0.15) is 0 Å². The molecule has 2 rings (SSSR count). The zero-order valence-electron chi connectivity index (χ0n) is 13.4. The van der Waals surface area contributed by atoms with Crippen molar-refractivity contribution in [1.82, 2.24) is 5.32 Å². The summed E-state index contributed by atoms with van der Waals surface area (Å²) in [5.74, 6) is 1.72. The molecule has 1 saturated carbocycles. The van der Waals surface area contributed by atoms with E-state index in [4.69, 9.17) is 4.74 Å². The third-order valence-electron chi connectivity index (χ3n) is 5.62. The third-order valence-corrected chi connectivity index (χ3v) is 5.62. The van der Waals surface area contributed by atoms with Crippen molar-refractivity contribution in [3.8, 4) is 0 Å². The standard InChI is InChI=1S/C17H33NO/c1-13-7-8-15(16(12-13)18-4)17(2,3)10-9-14-6-5-11-19-14/h13-16,18H,5-12H2,1-4H3. The molecule has 0 aromatic heterocycles. The zero-order chi connectivity index (χ0) is 13.9. The van der Waals surface area contributed by atoms with Crippen LogP contribution in [0.5, 0.6) is 0 Å². The average Bonchev–Trinajstić information content (AvgIpc) is 2.89. The Morgan fingerprint density at radius 2 is 2.00 bits per heavy atom. The largest absolute Gasteiger partial charge is 0.378 e. The number of rotatable bonds is 5. The molecule has 2 heteroatoms. The van der Waals surface area contributed by atoms with Crippen LogP contribution in [-0.2, 0) is 4.74 Å². The molecule has 112 valence electrons. The maximum atomic E-state index is 5.79. The van der Waals surface area contributed by atoms with Crippen LogP contribution in [0.3, 0.4) is 0 Å². The van der Waals surface area contributed by atoms with E-state index in [1.54, 1.807) is 0 Å². The van der Waals surface area contributed by atoms with E-state index in [1.807, 2.05) is 0 Å². The topological polar surface area (TPSA) is 21.3 Å². The minimum Gasteiger partial charge on any atom is -0.378 e. The molecule has 1 heterocycles. The first-order valence-corrected chi connectivity index (χ1v) is 8.32. The Kier molecular flexibility index (Phi) is 5.30. The molecule has 1 aliphatic heterocycles. The molecule has 2 nitrogen and oxygen atoms in total. The van der Waals surface area contributed by atoms with Gasteiger partial charge in [0.05, 0.1) is 6.10 Å². The Morgan fingerprint density at radius 1 is 1.21 bits per heavy atom. The van der Waals surface area contributed by atoms with Gasteiger partial charge in [0, 0.05) is 12.6 Å². The maximum absolute atomic E-state index is 5.79. The van der Waals surface area contributed by atoms with Crippen LogP contribution < -0.4 is 5.32 Å². The summed E-state index contributed by atoms with van der Waals surface area (Å²) in [4.78, 5) is 0.